The van der Waals surface area contributed by atoms with E-state index in [1.54, 1.807) is 25.3 Å². The molecule has 0 spiro atoms. The second-order valence-electron chi connectivity index (χ2n) is 9.94. The van der Waals surface area contributed by atoms with Crippen LogP contribution in [0.5, 0.6) is 5.75 Å². The zero-order valence-corrected chi connectivity index (χ0v) is 21.8. The van der Waals surface area contributed by atoms with Crippen molar-refractivity contribution in [2.45, 2.75) is 51.2 Å². The van der Waals surface area contributed by atoms with Crippen molar-refractivity contribution >= 4 is 17.6 Å². The van der Waals surface area contributed by atoms with Crippen molar-refractivity contribution in [1.29, 1.82) is 5.41 Å². The summed E-state index contributed by atoms with van der Waals surface area (Å²) >= 11 is 0. The molecule has 1 saturated heterocycles. The summed E-state index contributed by atoms with van der Waals surface area (Å²) in [5.41, 5.74) is 6.36. The van der Waals surface area contributed by atoms with E-state index in [-0.39, 0.29) is 23.0 Å². The van der Waals surface area contributed by atoms with Gasteiger partial charge in [0.05, 0.1) is 5.56 Å². The summed E-state index contributed by atoms with van der Waals surface area (Å²) in [6.07, 6.45) is 6.46. The quantitative estimate of drug-likeness (QED) is 0.181. The van der Waals surface area contributed by atoms with Crippen LogP contribution in [0.1, 0.15) is 50.3 Å². The molecule has 9 nitrogen and oxygen atoms in total. The van der Waals surface area contributed by atoms with Crippen LogP contribution < -0.4 is 15.8 Å². The average molecular weight is 508 g/mol. The number of pyridine rings is 1. The van der Waals surface area contributed by atoms with Crippen LogP contribution in [0.3, 0.4) is 0 Å². The molecule has 7 N–H and O–H groups in total. The highest BCUT2D eigenvalue weighted by molar-refractivity contribution is 6.08. The van der Waals surface area contributed by atoms with Crippen LogP contribution in [0.25, 0.3) is 5.57 Å². The lowest BCUT2D eigenvalue weighted by Gasteiger charge is -2.29. The Labute approximate surface area is 218 Å². The predicted octanol–water partition coefficient (Wildman–Crippen LogP) is 2.27. The molecule has 0 bridgehead atoms. The molecule has 2 heterocycles. The maximum Gasteiger partial charge on any atom is 0.351 e. The lowest BCUT2D eigenvalue weighted by molar-refractivity contribution is -0.303. The van der Waals surface area contributed by atoms with Crippen molar-refractivity contribution in [1.82, 2.24) is 15.2 Å². The number of allylic oxidation sites excluding steroid dienone is 1. The summed E-state index contributed by atoms with van der Waals surface area (Å²) < 4.78 is 5.50. The van der Waals surface area contributed by atoms with E-state index in [0.717, 1.165) is 25.9 Å². The Kier molecular flexibility index (Phi) is 8.94. The fourth-order valence-electron chi connectivity index (χ4n) is 3.64. The standard InChI is InChI=1S/C28H37N5O4/c1-19(2)27(3,34)11-8-20-6-5-7-23(14-20)28(35,36)37-25-15-21(17-32-26(25)30)22(16-29)18-31-24-9-12-33(4)13-10-24/h5-7,14-19,24,29,31,34-36H,9-10,12-13H2,1-4H3,(H2,30,32)/b22-18+,29-16?. The lowest BCUT2D eigenvalue weighted by atomic mass is 9.93. The fraction of sp³-hybridized carbons (Fsp3) is 0.429. The van der Waals surface area contributed by atoms with Crippen molar-refractivity contribution in [3.05, 3.63) is 59.4 Å². The first-order chi connectivity index (χ1) is 17.4. The molecule has 1 aliphatic rings. The second kappa shape index (κ2) is 11.8. The topological polar surface area (TPSA) is 148 Å². The Bertz CT molecular complexity index is 1190. The van der Waals surface area contributed by atoms with Crippen molar-refractivity contribution in [2.24, 2.45) is 5.92 Å². The molecular weight excluding hydrogens is 470 g/mol. The molecule has 2 aromatic rings. The summed E-state index contributed by atoms with van der Waals surface area (Å²) in [4.78, 5) is 6.40. The van der Waals surface area contributed by atoms with Gasteiger partial charge in [0.15, 0.2) is 11.6 Å². The minimum atomic E-state index is -2.73. The van der Waals surface area contributed by atoms with Crippen LogP contribution in [0.4, 0.5) is 5.82 Å². The van der Waals surface area contributed by atoms with Gasteiger partial charge in [-0.15, -0.1) is 0 Å². The van der Waals surface area contributed by atoms with Gasteiger partial charge in [-0.05, 0) is 70.1 Å². The van der Waals surface area contributed by atoms with Crippen molar-refractivity contribution in [2.75, 3.05) is 25.9 Å². The fourth-order valence-corrected chi connectivity index (χ4v) is 3.64. The number of nitrogen functional groups attached to an aromatic ring is 1. The maximum absolute atomic E-state index is 10.8. The van der Waals surface area contributed by atoms with E-state index in [1.165, 1.54) is 30.6 Å². The second-order valence-corrected chi connectivity index (χ2v) is 9.94. The molecular formula is C28H37N5O4. The summed E-state index contributed by atoms with van der Waals surface area (Å²) in [6, 6.07) is 8.07. The highest BCUT2D eigenvalue weighted by Gasteiger charge is 2.30. The summed E-state index contributed by atoms with van der Waals surface area (Å²) in [5.74, 6) is 2.79. The van der Waals surface area contributed by atoms with E-state index in [2.05, 4.69) is 34.1 Å². The number of hydrogen-bond donors (Lipinski definition) is 6. The number of nitrogens with zero attached hydrogens (tertiary/aromatic N) is 2. The lowest BCUT2D eigenvalue weighted by Crippen LogP contribution is -2.38. The molecule has 0 saturated carbocycles. The average Bonchev–Trinajstić information content (AvgIpc) is 2.86. The van der Waals surface area contributed by atoms with Crippen molar-refractivity contribution in [3.8, 4) is 17.6 Å². The number of anilines is 1. The minimum Gasteiger partial charge on any atom is -0.432 e. The van der Waals surface area contributed by atoms with Crippen molar-refractivity contribution in [3.63, 3.8) is 0 Å². The molecule has 0 radical (unpaired) electrons. The van der Waals surface area contributed by atoms with Crippen LogP contribution in [0.2, 0.25) is 0 Å². The van der Waals surface area contributed by atoms with Gasteiger partial charge in [0.1, 0.15) is 5.60 Å². The monoisotopic (exact) mass is 507 g/mol. The van der Waals surface area contributed by atoms with Gasteiger partial charge in [0, 0.05) is 41.4 Å². The van der Waals surface area contributed by atoms with Gasteiger partial charge >= 0.3 is 5.97 Å². The van der Waals surface area contributed by atoms with E-state index < -0.39 is 11.6 Å². The van der Waals surface area contributed by atoms with E-state index in [4.69, 9.17) is 15.9 Å². The molecule has 198 valence electrons. The Balaban J connectivity index is 1.81. The molecule has 1 aromatic carbocycles. The number of aromatic nitrogens is 1. The summed E-state index contributed by atoms with van der Waals surface area (Å²) in [6.45, 7) is 7.37. The number of hydrogen-bond acceptors (Lipinski definition) is 9. The van der Waals surface area contributed by atoms with E-state index >= 15 is 0 Å². The van der Waals surface area contributed by atoms with Crippen LogP contribution in [-0.4, -0.2) is 63.2 Å². The number of benzene rings is 1. The third-order valence-electron chi connectivity index (χ3n) is 6.64. The Hall–Kier alpha value is -3.42. The highest BCUT2D eigenvalue weighted by Crippen LogP contribution is 2.30. The van der Waals surface area contributed by atoms with E-state index in [1.807, 2.05) is 13.8 Å². The first kappa shape index (κ1) is 28.2. The molecule has 1 fully saturated rings. The third kappa shape index (κ3) is 7.54. The molecule has 1 aliphatic heterocycles. The van der Waals surface area contributed by atoms with Gasteiger partial charge in [0.25, 0.3) is 0 Å². The van der Waals surface area contributed by atoms with Gasteiger partial charge in [0.2, 0.25) is 0 Å². The first-order valence-corrected chi connectivity index (χ1v) is 12.3. The molecule has 1 unspecified atom stereocenters. The van der Waals surface area contributed by atoms with Gasteiger partial charge in [-0.1, -0.05) is 31.8 Å². The van der Waals surface area contributed by atoms with Gasteiger partial charge in [-0.2, -0.15) is 0 Å². The number of ether oxygens (including phenoxy) is 1. The maximum atomic E-state index is 10.8. The zero-order chi connectivity index (χ0) is 27.2. The smallest absolute Gasteiger partial charge is 0.351 e. The highest BCUT2D eigenvalue weighted by atomic mass is 16.8. The van der Waals surface area contributed by atoms with Crippen LogP contribution in [0.15, 0.2) is 42.7 Å². The minimum absolute atomic E-state index is 0.0278. The van der Waals surface area contributed by atoms with E-state index in [9.17, 15) is 15.3 Å². The van der Waals surface area contributed by atoms with E-state index in [0.29, 0.717) is 22.7 Å². The first-order valence-electron chi connectivity index (χ1n) is 12.3. The molecule has 9 heteroatoms. The van der Waals surface area contributed by atoms with Crippen LogP contribution in [0, 0.1) is 23.2 Å². The number of rotatable bonds is 8. The summed E-state index contributed by atoms with van der Waals surface area (Å²) in [7, 11) is 2.10. The zero-order valence-electron chi connectivity index (χ0n) is 21.8. The predicted molar refractivity (Wildman–Crippen MR) is 145 cm³/mol. The molecule has 1 atom stereocenters. The molecule has 0 aliphatic carbocycles. The van der Waals surface area contributed by atoms with Crippen molar-refractivity contribution < 1.29 is 20.1 Å². The van der Waals surface area contributed by atoms with Crippen LogP contribution >= 0.6 is 0 Å². The van der Waals surface area contributed by atoms with Gasteiger partial charge < -0.3 is 41.4 Å². The van der Waals surface area contributed by atoms with Crippen LogP contribution in [-0.2, 0) is 5.97 Å². The molecule has 0 amide bonds. The van der Waals surface area contributed by atoms with Gasteiger partial charge in [-0.25, -0.2) is 4.98 Å². The number of likely N-dealkylation sites (tertiary alicyclic amines) is 1. The van der Waals surface area contributed by atoms with Gasteiger partial charge in [-0.3, -0.25) is 0 Å². The molecule has 3 rings (SSSR count). The SMILES string of the molecule is CC(C)C(C)(O)C#Cc1cccc(C(O)(O)Oc2cc(/C(C=N)=C/NC3CCN(C)CC3)cnc2N)c1. The molecule has 37 heavy (non-hydrogen) atoms. The Morgan fingerprint density at radius 2 is 1.97 bits per heavy atom. The normalized spacial score (nSPS) is 17.0. The third-order valence-corrected chi connectivity index (χ3v) is 6.64. The largest absolute Gasteiger partial charge is 0.432 e. The number of piperidine rings is 1. The number of nitrogens with one attached hydrogen (secondary N) is 2. The number of nitrogens with two attached hydrogens (primary N) is 1. The Morgan fingerprint density at radius 3 is 2.62 bits per heavy atom. The number of aliphatic hydroxyl groups is 3. The Morgan fingerprint density at radius 1 is 1.27 bits per heavy atom. The summed E-state index contributed by atoms with van der Waals surface area (Å²) in [5, 5.41) is 43.1. The molecule has 1 aromatic heterocycles.